The second-order valence-electron chi connectivity index (χ2n) is 2.78. The van der Waals surface area contributed by atoms with E-state index in [1.165, 1.54) is 0 Å². The van der Waals surface area contributed by atoms with Crippen LogP contribution in [0.25, 0.3) is 0 Å². The van der Waals surface area contributed by atoms with Gasteiger partial charge < -0.3 is 4.42 Å². The number of hydrogen-bond donors (Lipinski definition) is 2. The molecule has 1 heterocycles. The Kier molecular flexibility index (Phi) is 3.56. The molecule has 0 aliphatic heterocycles. The third-order valence-electron chi connectivity index (χ3n) is 2.00. The summed E-state index contributed by atoms with van der Waals surface area (Å²) in [5, 5.41) is 0. The van der Waals surface area contributed by atoms with Crippen LogP contribution >= 0.6 is 0 Å². The molecule has 1 rings (SSSR count). The predicted molar refractivity (Wildman–Crippen MR) is 51.6 cm³/mol. The molecule has 0 saturated carbocycles. The minimum atomic E-state index is -0.00120. The van der Waals surface area contributed by atoms with Crippen LogP contribution in [0.5, 0.6) is 0 Å². The number of terminal acetylenes is 1. The summed E-state index contributed by atoms with van der Waals surface area (Å²) in [6, 6.07) is 1.90. The van der Waals surface area contributed by atoms with Crippen molar-refractivity contribution in [2.75, 3.05) is 0 Å². The molecule has 1 atom stereocenters. The van der Waals surface area contributed by atoms with Crippen LogP contribution < -0.4 is 11.3 Å². The summed E-state index contributed by atoms with van der Waals surface area (Å²) in [6.07, 6.45) is 8.31. The van der Waals surface area contributed by atoms with Gasteiger partial charge in [0.05, 0.1) is 12.3 Å². The molecule has 0 amide bonds. The van der Waals surface area contributed by atoms with Gasteiger partial charge in [0, 0.05) is 18.4 Å². The summed E-state index contributed by atoms with van der Waals surface area (Å²) in [6.45, 7) is 2.03. The van der Waals surface area contributed by atoms with E-state index in [1.54, 1.807) is 6.26 Å². The Labute approximate surface area is 78.3 Å². The van der Waals surface area contributed by atoms with Crippen molar-refractivity contribution in [1.29, 1.82) is 0 Å². The maximum Gasteiger partial charge on any atom is 0.108 e. The van der Waals surface area contributed by atoms with Gasteiger partial charge in [0.1, 0.15) is 5.76 Å². The molecule has 0 spiro atoms. The molecule has 13 heavy (non-hydrogen) atoms. The number of hydrogen-bond acceptors (Lipinski definition) is 3. The molecular weight excluding hydrogens is 164 g/mol. The fourth-order valence-electron chi connectivity index (χ4n) is 1.32. The SMILES string of the molecule is C#CCC(NN)c1ccoc1CC. The van der Waals surface area contributed by atoms with Crippen LogP contribution in [0.3, 0.4) is 0 Å². The van der Waals surface area contributed by atoms with E-state index < -0.39 is 0 Å². The van der Waals surface area contributed by atoms with Crippen LogP contribution in [0.15, 0.2) is 16.7 Å². The zero-order chi connectivity index (χ0) is 9.68. The van der Waals surface area contributed by atoms with Gasteiger partial charge in [0.15, 0.2) is 0 Å². The highest BCUT2D eigenvalue weighted by atomic mass is 16.3. The van der Waals surface area contributed by atoms with Gasteiger partial charge in [-0.1, -0.05) is 6.92 Å². The molecule has 0 aromatic carbocycles. The maximum atomic E-state index is 5.39. The molecule has 0 radical (unpaired) electrons. The average Bonchev–Trinajstić information content (AvgIpc) is 2.61. The first-order chi connectivity index (χ1) is 6.33. The summed E-state index contributed by atoms with van der Waals surface area (Å²) >= 11 is 0. The summed E-state index contributed by atoms with van der Waals surface area (Å²) in [7, 11) is 0. The van der Waals surface area contributed by atoms with Crippen LogP contribution in [0, 0.1) is 12.3 Å². The first kappa shape index (κ1) is 9.85. The molecule has 3 N–H and O–H groups in total. The van der Waals surface area contributed by atoms with Crippen LogP contribution in [-0.4, -0.2) is 0 Å². The number of furan rings is 1. The Morgan fingerprint density at radius 3 is 3.08 bits per heavy atom. The molecule has 0 saturated heterocycles. The van der Waals surface area contributed by atoms with Gasteiger partial charge in [-0.25, -0.2) is 0 Å². The zero-order valence-electron chi connectivity index (χ0n) is 7.71. The van der Waals surface area contributed by atoms with Crippen LogP contribution in [0.2, 0.25) is 0 Å². The van der Waals surface area contributed by atoms with Crippen molar-refractivity contribution in [2.45, 2.75) is 25.8 Å². The minimum Gasteiger partial charge on any atom is -0.469 e. The number of aryl methyl sites for hydroxylation is 1. The first-order valence-electron chi connectivity index (χ1n) is 4.29. The van der Waals surface area contributed by atoms with Crippen molar-refractivity contribution in [3.8, 4) is 12.3 Å². The van der Waals surface area contributed by atoms with Crippen molar-refractivity contribution >= 4 is 0 Å². The number of rotatable bonds is 4. The lowest BCUT2D eigenvalue weighted by Gasteiger charge is -2.11. The molecule has 70 valence electrons. The maximum absolute atomic E-state index is 5.39. The molecule has 0 aliphatic carbocycles. The molecule has 1 aromatic heterocycles. The standard InChI is InChI=1S/C10H14N2O/c1-3-5-9(12-11)8-6-7-13-10(8)4-2/h1,6-7,9,12H,4-5,11H2,2H3. The second kappa shape index (κ2) is 4.70. The molecule has 1 aromatic rings. The van der Waals surface area contributed by atoms with Crippen molar-refractivity contribution in [3.05, 3.63) is 23.7 Å². The largest absolute Gasteiger partial charge is 0.469 e. The molecule has 0 bridgehead atoms. The second-order valence-corrected chi connectivity index (χ2v) is 2.78. The van der Waals surface area contributed by atoms with Crippen LogP contribution in [-0.2, 0) is 6.42 Å². The normalized spacial score (nSPS) is 12.4. The van der Waals surface area contributed by atoms with Crippen molar-refractivity contribution < 1.29 is 4.42 Å². The topological polar surface area (TPSA) is 51.2 Å². The monoisotopic (exact) mass is 178 g/mol. The van der Waals surface area contributed by atoms with E-state index in [0.717, 1.165) is 17.7 Å². The van der Waals surface area contributed by atoms with Gasteiger partial charge in [0.25, 0.3) is 0 Å². The van der Waals surface area contributed by atoms with Gasteiger partial charge in [-0.2, -0.15) is 0 Å². The number of nitrogens with two attached hydrogens (primary N) is 1. The van der Waals surface area contributed by atoms with E-state index >= 15 is 0 Å². The van der Waals surface area contributed by atoms with E-state index in [1.807, 2.05) is 13.0 Å². The van der Waals surface area contributed by atoms with E-state index in [4.69, 9.17) is 16.7 Å². The Bertz CT molecular complexity index is 298. The lowest BCUT2D eigenvalue weighted by atomic mass is 10.0. The fourth-order valence-corrected chi connectivity index (χ4v) is 1.32. The van der Waals surface area contributed by atoms with Gasteiger partial charge >= 0.3 is 0 Å². The molecule has 3 nitrogen and oxygen atoms in total. The quantitative estimate of drug-likeness (QED) is 0.416. The van der Waals surface area contributed by atoms with Crippen molar-refractivity contribution in [1.82, 2.24) is 5.43 Å². The van der Waals surface area contributed by atoms with Crippen molar-refractivity contribution in [2.24, 2.45) is 5.84 Å². The molecular formula is C10H14N2O. The summed E-state index contributed by atoms with van der Waals surface area (Å²) in [5.41, 5.74) is 3.74. The van der Waals surface area contributed by atoms with Crippen LogP contribution in [0.4, 0.5) is 0 Å². The van der Waals surface area contributed by atoms with E-state index in [0.29, 0.717) is 6.42 Å². The fraction of sp³-hybridized carbons (Fsp3) is 0.400. The Morgan fingerprint density at radius 2 is 2.54 bits per heavy atom. The van der Waals surface area contributed by atoms with Crippen molar-refractivity contribution in [3.63, 3.8) is 0 Å². The van der Waals surface area contributed by atoms with E-state index in [-0.39, 0.29) is 6.04 Å². The summed E-state index contributed by atoms with van der Waals surface area (Å²) in [4.78, 5) is 0. The Morgan fingerprint density at radius 1 is 1.77 bits per heavy atom. The highest BCUT2D eigenvalue weighted by Crippen LogP contribution is 2.21. The smallest absolute Gasteiger partial charge is 0.108 e. The molecule has 3 heteroatoms. The average molecular weight is 178 g/mol. The number of hydrazine groups is 1. The Balaban J connectivity index is 2.84. The lowest BCUT2D eigenvalue weighted by Crippen LogP contribution is -2.28. The van der Waals surface area contributed by atoms with E-state index in [2.05, 4.69) is 11.3 Å². The molecule has 0 aliphatic rings. The van der Waals surface area contributed by atoms with Crippen LogP contribution in [0.1, 0.15) is 30.7 Å². The van der Waals surface area contributed by atoms with Gasteiger partial charge in [-0.05, 0) is 6.07 Å². The Hall–Kier alpha value is -1.24. The highest BCUT2D eigenvalue weighted by molar-refractivity contribution is 5.22. The third-order valence-corrected chi connectivity index (χ3v) is 2.00. The minimum absolute atomic E-state index is 0.00120. The predicted octanol–water partition coefficient (Wildman–Crippen LogP) is 1.37. The van der Waals surface area contributed by atoms with Gasteiger partial charge in [-0.3, -0.25) is 11.3 Å². The summed E-state index contributed by atoms with van der Waals surface area (Å²) < 4.78 is 5.28. The number of nitrogens with one attached hydrogen (secondary N) is 1. The lowest BCUT2D eigenvalue weighted by molar-refractivity contribution is 0.491. The van der Waals surface area contributed by atoms with E-state index in [9.17, 15) is 0 Å². The summed E-state index contributed by atoms with van der Waals surface area (Å²) in [5.74, 6) is 8.90. The zero-order valence-corrected chi connectivity index (χ0v) is 7.71. The first-order valence-corrected chi connectivity index (χ1v) is 4.29. The highest BCUT2D eigenvalue weighted by Gasteiger charge is 2.13. The van der Waals surface area contributed by atoms with Gasteiger partial charge in [0.2, 0.25) is 0 Å². The molecule has 1 unspecified atom stereocenters. The molecule has 0 fully saturated rings. The third kappa shape index (κ3) is 2.11. The van der Waals surface area contributed by atoms with Gasteiger partial charge in [-0.15, -0.1) is 12.3 Å².